The molecule has 2 aromatic heterocycles. The van der Waals surface area contributed by atoms with E-state index in [1.165, 1.54) is 0 Å². The van der Waals surface area contributed by atoms with Gasteiger partial charge in [0.25, 0.3) is 0 Å². The fourth-order valence-electron chi connectivity index (χ4n) is 0.531. The molecule has 0 N–H and O–H groups in total. The average molecular weight is 378 g/mol. The van der Waals surface area contributed by atoms with Crippen molar-refractivity contribution in [1.29, 1.82) is 0 Å². The molecule has 2 nitrogen and oxygen atoms in total. The Labute approximate surface area is 126 Å². The number of halogens is 6. The van der Waals surface area contributed by atoms with E-state index in [0.717, 1.165) is 0 Å². The van der Waals surface area contributed by atoms with Crippen molar-refractivity contribution in [2.24, 2.45) is 0 Å². The molecule has 2 rings (SSSR count). The third-order valence-electron chi connectivity index (χ3n) is 1.19. The average Bonchev–Trinajstić information content (AvgIpc) is 2.82. The summed E-state index contributed by atoms with van der Waals surface area (Å²) in [5.41, 5.74) is 0. The molecule has 0 radical (unpaired) electrons. The van der Waals surface area contributed by atoms with Crippen LogP contribution in [0.3, 0.4) is 0 Å². The van der Waals surface area contributed by atoms with Crippen LogP contribution in [0, 0.1) is 44.3 Å². The second-order valence-electron chi connectivity index (χ2n) is 2.31. The molecule has 0 aliphatic heterocycles. The summed E-state index contributed by atoms with van der Waals surface area (Å²) in [4.78, 5) is 8.25. The van der Waals surface area contributed by atoms with Crippen LogP contribution >= 0.6 is 22.7 Å². The topological polar surface area (TPSA) is 40.1 Å². The van der Waals surface area contributed by atoms with Gasteiger partial charge in [-0.2, -0.15) is 0 Å². The van der Waals surface area contributed by atoms with E-state index in [-0.39, 0.29) is 39.5 Å². The minimum Gasteiger partial charge on any atom is -0.554 e. The van der Waals surface area contributed by atoms with Crippen molar-refractivity contribution in [2.45, 2.75) is 0 Å². The summed E-state index contributed by atoms with van der Waals surface area (Å²) in [7, 11) is 0. The molecule has 0 aliphatic rings. The van der Waals surface area contributed by atoms with Gasteiger partial charge in [0.1, 0.15) is 0 Å². The summed E-state index contributed by atoms with van der Waals surface area (Å²) < 4.78 is 70.2. The van der Waals surface area contributed by atoms with Gasteiger partial charge in [-0.3, -0.25) is 40.2 Å². The number of rotatable bonds is 0. The van der Waals surface area contributed by atoms with E-state index in [0.29, 0.717) is 0 Å². The molecule has 2 aromatic rings. The largest absolute Gasteiger partial charge is 3.00 e. The van der Waals surface area contributed by atoms with Crippen LogP contribution in [-0.2, 0) is 21.6 Å². The van der Waals surface area contributed by atoms with Crippen LogP contribution < -0.4 is 5.11 Å². The predicted octanol–water partition coefficient (Wildman–Crippen LogP) is 2.29. The molecule has 0 aromatic carbocycles. The number of hydrogen-bond donors (Lipinski definition) is 0. The van der Waals surface area contributed by atoms with E-state index < -0.39 is 40.0 Å². The van der Waals surface area contributed by atoms with Gasteiger partial charge in [-0.05, 0) is 0 Å². The Balaban J connectivity index is 0. The summed E-state index contributed by atoms with van der Waals surface area (Å²) in [5, 5.41) is 9.47. The van der Waals surface area contributed by atoms with E-state index in [4.69, 9.17) is 9.90 Å². The van der Waals surface area contributed by atoms with Crippen molar-refractivity contribution in [3.05, 3.63) is 44.3 Å². The zero-order valence-electron chi connectivity index (χ0n) is 8.81. The van der Waals surface area contributed by atoms with Crippen molar-refractivity contribution in [3.8, 4) is 0 Å². The SMILES string of the molecule is Fc1[c-]sc(F)c1F.Fc1[c-]sc(F)c1F.O=C[O-].[Co+3]. The van der Waals surface area contributed by atoms with Crippen molar-refractivity contribution < 1.29 is 53.0 Å². The number of carboxylic acid groups (broad SMARTS) is 1. The van der Waals surface area contributed by atoms with E-state index in [9.17, 15) is 26.3 Å². The Morgan fingerprint density at radius 2 is 1.10 bits per heavy atom. The normalized spacial score (nSPS) is 8.50. The van der Waals surface area contributed by atoms with Gasteiger partial charge < -0.3 is 9.90 Å². The smallest absolute Gasteiger partial charge is 0.554 e. The number of carbonyl (C=O) groups is 1. The number of thiophene rings is 2. The van der Waals surface area contributed by atoms with Gasteiger partial charge in [-0.1, -0.05) is 10.8 Å². The van der Waals surface area contributed by atoms with Crippen molar-refractivity contribution >= 4 is 29.1 Å². The minimum atomic E-state index is -1.44. The molecule has 112 valence electrons. The van der Waals surface area contributed by atoms with Crippen molar-refractivity contribution in [1.82, 2.24) is 0 Å². The summed E-state index contributed by atoms with van der Waals surface area (Å²) >= 11 is 0.579. The molecule has 0 saturated carbocycles. The first kappa shape index (κ1) is 21.3. The van der Waals surface area contributed by atoms with E-state index in [2.05, 4.69) is 0 Å². The first-order valence-corrected chi connectivity index (χ1v) is 5.55. The van der Waals surface area contributed by atoms with Crippen LogP contribution in [0.2, 0.25) is 0 Å². The molecule has 0 aliphatic carbocycles. The van der Waals surface area contributed by atoms with E-state index in [1.807, 2.05) is 0 Å². The van der Waals surface area contributed by atoms with Gasteiger partial charge in [-0.15, -0.1) is 0 Å². The number of hydrogen-bond acceptors (Lipinski definition) is 4. The molecule has 0 atom stereocenters. The van der Waals surface area contributed by atoms with E-state index >= 15 is 0 Å². The van der Waals surface area contributed by atoms with Crippen LogP contribution in [0.4, 0.5) is 26.3 Å². The quantitative estimate of drug-likeness (QED) is 0.401. The van der Waals surface area contributed by atoms with Crippen LogP contribution in [0.1, 0.15) is 0 Å². The van der Waals surface area contributed by atoms with Crippen LogP contribution in [0.15, 0.2) is 0 Å². The molecule has 0 unspecified atom stereocenters. The standard InChI is InChI=1S/2C4F3S.CH2O2.Co/c2*5-2-1-8-4(7)3(2)6;2-1-3;/h;;1H,(H,2,3);/q2*-1;;+3/p-1. The molecular formula is C9HCoF6O2S2. The second kappa shape index (κ2) is 10.7. The van der Waals surface area contributed by atoms with Gasteiger partial charge in [0.15, 0.2) is 0 Å². The molecule has 0 fully saturated rings. The molecule has 0 bridgehead atoms. The molecule has 0 amide bonds. The molecule has 20 heavy (non-hydrogen) atoms. The summed E-state index contributed by atoms with van der Waals surface area (Å²) in [5.74, 6) is -5.36. The Kier molecular flexibility index (Phi) is 11.4. The molecule has 0 saturated heterocycles. The maximum absolute atomic E-state index is 11.7. The fourth-order valence-corrected chi connectivity index (χ4v) is 1.43. The maximum Gasteiger partial charge on any atom is 3.00 e. The Morgan fingerprint density at radius 1 is 0.850 bits per heavy atom. The zero-order chi connectivity index (χ0) is 15.0. The third kappa shape index (κ3) is 6.93. The predicted molar refractivity (Wildman–Crippen MR) is 52.1 cm³/mol. The van der Waals surface area contributed by atoms with Gasteiger partial charge in [0.05, 0.1) is 10.3 Å². The number of carbonyl (C=O) groups excluding carboxylic acids is 1. The minimum absolute atomic E-state index is 0. The second-order valence-corrected chi connectivity index (χ2v) is 3.84. The summed E-state index contributed by atoms with van der Waals surface area (Å²) in [6.07, 6.45) is 0. The summed E-state index contributed by atoms with van der Waals surface area (Å²) in [6, 6.07) is 0. The third-order valence-corrected chi connectivity index (χ3v) is 2.47. The van der Waals surface area contributed by atoms with Crippen molar-refractivity contribution in [3.63, 3.8) is 0 Å². The molecule has 2 heterocycles. The Morgan fingerprint density at radius 3 is 1.15 bits per heavy atom. The first-order chi connectivity index (χ1) is 8.84. The molecule has 0 spiro atoms. The van der Waals surface area contributed by atoms with Gasteiger partial charge in [-0.25, -0.2) is 8.78 Å². The fraction of sp³-hybridized carbons (Fsp3) is 0. The van der Waals surface area contributed by atoms with Gasteiger partial charge in [0, 0.05) is 29.7 Å². The van der Waals surface area contributed by atoms with Gasteiger partial charge in [0.2, 0.25) is 0 Å². The first-order valence-electron chi connectivity index (χ1n) is 3.92. The van der Waals surface area contributed by atoms with Crippen LogP contribution in [-0.4, -0.2) is 6.47 Å². The molecule has 11 heteroatoms. The monoisotopic (exact) mass is 378 g/mol. The Bertz CT molecular complexity index is 447. The maximum atomic E-state index is 11.7. The summed E-state index contributed by atoms with van der Waals surface area (Å²) in [6.45, 7) is -0.500. The van der Waals surface area contributed by atoms with Crippen molar-refractivity contribution in [2.75, 3.05) is 0 Å². The van der Waals surface area contributed by atoms with Crippen LogP contribution in [0.5, 0.6) is 0 Å². The van der Waals surface area contributed by atoms with Crippen LogP contribution in [0.25, 0.3) is 0 Å². The molecular weight excluding hydrogens is 377 g/mol. The van der Waals surface area contributed by atoms with E-state index in [1.54, 1.807) is 10.8 Å². The van der Waals surface area contributed by atoms with Gasteiger partial charge >= 0.3 is 16.8 Å². The Hall–Kier alpha value is -1.04. The zero-order valence-corrected chi connectivity index (χ0v) is 11.5.